The standard InChI is InChI=1S/C25H15N7O13/c1-14-6-8-15(9-7-14)26(24-19(29(37)38)10-16(27(33)34)11-20(24)30(39)40)18-4-2-3-5-23(18)45-25-21(31(41)42)12-17(28(35)36)13-22(25)32(43)44/h2-13H,1H3. The van der Waals surface area contributed by atoms with Gasteiger partial charge in [0.25, 0.3) is 17.1 Å². The number of non-ortho nitro benzene ring substituents is 2. The molecule has 4 aromatic rings. The lowest BCUT2D eigenvalue weighted by Gasteiger charge is -2.26. The number of nitrogens with zero attached hydrogens (tertiary/aromatic N) is 7. The summed E-state index contributed by atoms with van der Waals surface area (Å²) < 4.78 is 5.64. The van der Waals surface area contributed by atoms with E-state index in [4.69, 9.17) is 4.74 Å². The minimum Gasteiger partial charge on any atom is -0.442 e. The van der Waals surface area contributed by atoms with Crippen molar-refractivity contribution in [1.29, 1.82) is 0 Å². The van der Waals surface area contributed by atoms with E-state index in [0.717, 1.165) is 11.0 Å². The van der Waals surface area contributed by atoms with Crippen molar-refractivity contribution < 1.29 is 34.3 Å². The van der Waals surface area contributed by atoms with Crippen LogP contribution in [0.2, 0.25) is 0 Å². The highest BCUT2D eigenvalue weighted by molar-refractivity contribution is 5.91. The summed E-state index contributed by atoms with van der Waals surface area (Å²) in [5.41, 5.74) is -6.89. The highest BCUT2D eigenvalue weighted by Crippen LogP contribution is 2.51. The number of nitro groups is 6. The summed E-state index contributed by atoms with van der Waals surface area (Å²) in [5, 5.41) is 70.9. The maximum Gasteiger partial charge on any atom is 0.325 e. The number of nitro benzene ring substituents is 6. The Morgan fingerprint density at radius 2 is 0.978 bits per heavy atom. The molecule has 0 fully saturated rings. The Bertz CT molecular complexity index is 1860. The van der Waals surface area contributed by atoms with Crippen LogP contribution >= 0.6 is 0 Å². The molecule has 0 spiro atoms. The highest BCUT2D eigenvalue weighted by atomic mass is 16.7. The van der Waals surface area contributed by atoms with Gasteiger partial charge in [-0.05, 0) is 31.2 Å². The lowest BCUT2D eigenvalue weighted by atomic mass is 10.1. The summed E-state index contributed by atoms with van der Waals surface area (Å²) in [5.74, 6) is -1.54. The second-order valence-corrected chi connectivity index (χ2v) is 8.93. The molecule has 0 unspecified atom stereocenters. The first-order valence-corrected chi connectivity index (χ1v) is 12.1. The lowest BCUT2D eigenvalue weighted by molar-refractivity contribution is -0.404. The summed E-state index contributed by atoms with van der Waals surface area (Å²) in [6.45, 7) is 1.69. The molecule has 4 rings (SSSR count). The van der Waals surface area contributed by atoms with Crippen LogP contribution in [0.3, 0.4) is 0 Å². The molecule has 0 bridgehead atoms. The molecular weight excluding hydrogens is 606 g/mol. The maximum absolute atomic E-state index is 12.2. The minimum atomic E-state index is -1.18. The summed E-state index contributed by atoms with van der Waals surface area (Å²) in [4.78, 5) is 65.1. The van der Waals surface area contributed by atoms with Crippen LogP contribution in [-0.2, 0) is 0 Å². The van der Waals surface area contributed by atoms with Gasteiger partial charge in [-0.15, -0.1) is 0 Å². The predicted molar refractivity (Wildman–Crippen MR) is 152 cm³/mol. The number of hydrogen-bond donors (Lipinski definition) is 0. The van der Waals surface area contributed by atoms with Gasteiger partial charge in [-0.1, -0.05) is 29.8 Å². The molecule has 228 valence electrons. The van der Waals surface area contributed by atoms with E-state index in [1.165, 1.54) is 42.5 Å². The fourth-order valence-corrected chi connectivity index (χ4v) is 4.19. The van der Waals surface area contributed by atoms with E-state index in [9.17, 15) is 60.7 Å². The number of hydrogen-bond acceptors (Lipinski definition) is 14. The van der Waals surface area contributed by atoms with E-state index < -0.39 is 80.9 Å². The van der Waals surface area contributed by atoms with E-state index in [-0.39, 0.29) is 11.4 Å². The minimum absolute atomic E-state index is 0.00408. The van der Waals surface area contributed by atoms with Crippen molar-refractivity contribution >= 4 is 51.2 Å². The maximum atomic E-state index is 12.2. The Labute approximate surface area is 248 Å². The first kappa shape index (κ1) is 30.8. The molecule has 45 heavy (non-hydrogen) atoms. The number of aryl methyl sites for hydroxylation is 1. The van der Waals surface area contributed by atoms with E-state index in [1.807, 2.05) is 0 Å². The monoisotopic (exact) mass is 621 g/mol. The molecule has 0 aliphatic carbocycles. The van der Waals surface area contributed by atoms with Crippen LogP contribution in [0, 0.1) is 67.6 Å². The Hall–Kier alpha value is -7.12. The quantitative estimate of drug-likeness (QED) is 0.124. The first-order valence-electron chi connectivity index (χ1n) is 12.1. The Balaban J connectivity index is 2.10. The first-order chi connectivity index (χ1) is 21.2. The molecular formula is C25H15N7O13. The molecule has 20 heteroatoms. The molecule has 0 atom stereocenters. The number of ether oxygens (including phenoxy) is 1. The van der Waals surface area contributed by atoms with Crippen LogP contribution < -0.4 is 9.64 Å². The van der Waals surface area contributed by atoms with Crippen LogP contribution in [0.15, 0.2) is 72.8 Å². The second-order valence-electron chi connectivity index (χ2n) is 8.93. The van der Waals surface area contributed by atoms with Crippen molar-refractivity contribution in [2.24, 2.45) is 0 Å². The second kappa shape index (κ2) is 12.0. The zero-order valence-corrected chi connectivity index (χ0v) is 22.4. The molecule has 20 nitrogen and oxygen atoms in total. The molecule has 0 N–H and O–H groups in total. The zero-order valence-electron chi connectivity index (χ0n) is 22.4. The van der Waals surface area contributed by atoms with Gasteiger partial charge >= 0.3 is 22.7 Å². The van der Waals surface area contributed by atoms with Crippen LogP contribution in [0.25, 0.3) is 0 Å². The molecule has 0 heterocycles. The number of para-hydroxylation sites is 2. The summed E-state index contributed by atoms with van der Waals surface area (Å²) >= 11 is 0. The van der Waals surface area contributed by atoms with Crippen LogP contribution in [0.4, 0.5) is 51.2 Å². The van der Waals surface area contributed by atoms with Gasteiger partial charge in [-0.25, -0.2) is 0 Å². The van der Waals surface area contributed by atoms with E-state index in [0.29, 0.717) is 29.8 Å². The fraction of sp³-hybridized carbons (Fsp3) is 0.0400. The Kier molecular flexibility index (Phi) is 8.23. The van der Waals surface area contributed by atoms with Crippen molar-refractivity contribution in [3.63, 3.8) is 0 Å². The molecule has 0 saturated carbocycles. The van der Waals surface area contributed by atoms with Crippen molar-refractivity contribution in [2.75, 3.05) is 4.90 Å². The highest BCUT2D eigenvalue weighted by Gasteiger charge is 2.38. The average molecular weight is 621 g/mol. The fourth-order valence-electron chi connectivity index (χ4n) is 4.19. The van der Waals surface area contributed by atoms with Gasteiger partial charge in [-0.2, -0.15) is 0 Å². The largest absolute Gasteiger partial charge is 0.442 e. The number of rotatable bonds is 11. The predicted octanol–water partition coefficient (Wildman–Crippen LogP) is 6.71. The third-order valence-corrected chi connectivity index (χ3v) is 6.13. The average Bonchev–Trinajstić information content (AvgIpc) is 2.98. The van der Waals surface area contributed by atoms with E-state index in [2.05, 4.69) is 0 Å². The van der Waals surface area contributed by atoms with Crippen molar-refractivity contribution in [3.8, 4) is 11.5 Å². The number of benzene rings is 4. The van der Waals surface area contributed by atoms with Gasteiger partial charge in [0.05, 0.1) is 59.5 Å². The SMILES string of the molecule is Cc1ccc(N(c2ccccc2Oc2c([N+](=O)[O-])cc([N+](=O)[O-])cc2[N+](=O)[O-])c2c([N+](=O)[O-])cc([N+](=O)[O-])cc2[N+](=O)[O-])cc1. The van der Waals surface area contributed by atoms with Crippen molar-refractivity contribution in [1.82, 2.24) is 0 Å². The third-order valence-electron chi connectivity index (χ3n) is 6.13. The lowest BCUT2D eigenvalue weighted by Crippen LogP contribution is -2.15. The van der Waals surface area contributed by atoms with E-state index in [1.54, 1.807) is 6.92 Å². The summed E-state index contributed by atoms with van der Waals surface area (Å²) in [7, 11) is 0. The molecule has 0 aromatic heterocycles. The van der Waals surface area contributed by atoms with Crippen LogP contribution in [0.1, 0.15) is 5.56 Å². The molecule has 0 aliphatic rings. The summed E-state index contributed by atoms with van der Waals surface area (Å²) in [6.07, 6.45) is 0. The smallest absolute Gasteiger partial charge is 0.325 e. The van der Waals surface area contributed by atoms with Crippen molar-refractivity contribution in [2.45, 2.75) is 6.92 Å². The van der Waals surface area contributed by atoms with Crippen molar-refractivity contribution in [3.05, 3.63) is 139 Å². The normalized spacial score (nSPS) is 10.5. The topological polar surface area (TPSA) is 271 Å². The van der Waals surface area contributed by atoms with Crippen LogP contribution in [0.5, 0.6) is 11.5 Å². The van der Waals surface area contributed by atoms with Gasteiger partial charge < -0.3 is 4.74 Å². The third kappa shape index (κ3) is 6.08. The Morgan fingerprint density at radius 3 is 1.40 bits per heavy atom. The van der Waals surface area contributed by atoms with Gasteiger partial charge in [0.1, 0.15) is 0 Å². The molecule has 0 aliphatic heterocycles. The van der Waals surface area contributed by atoms with Crippen LogP contribution in [-0.4, -0.2) is 29.5 Å². The molecule has 0 radical (unpaired) electrons. The van der Waals surface area contributed by atoms with E-state index >= 15 is 0 Å². The van der Waals surface area contributed by atoms with Gasteiger partial charge in [0.15, 0.2) is 5.75 Å². The van der Waals surface area contributed by atoms with Gasteiger partial charge in [-0.3, -0.25) is 65.6 Å². The summed E-state index contributed by atoms with van der Waals surface area (Å²) in [6, 6.07) is 12.6. The Morgan fingerprint density at radius 1 is 0.556 bits per heavy atom. The molecule has 0 saturated heterocycles. The molecule has 0 amide bonds. The number of anilines is 3. The molecule has 4 aromatic carbocycles. The zero-order chi connectivity index (χ0) is 33.2. The van der Waals surface area contributed by atoms with Gasteiger partial charge in [0.2, 0.25) is 5.69 Å². The van der Waals surface area contributed by atoms with Gasteiger partial charge in [0, 0.05) is 5.69 Å².